The van der Waals surface area contributed by atoms with Crippen LogP contribution in [0, 0.1) is 0 Å². The summed E-state index contributed by atoms with van der Waals surface area (Å²) in [4.78, 5) is 50.3. The molecule has 0 spiro atoms. The lowest BCUT2D eigenvalue weighted by atomic mass is 10.1. The van der Waals surface area contributed by atoms with Crippen molar-refractivity contribution in [2.75, 3.05) is 25.1 Å². The van der Waals surface area contributed by atoms with Crippen molar-refractivity contribution in [2.45, 2.75) is 25.4 Å². The van der Waals surface area contributed by atoms with Crippen LogP contribution in [-0.2, 0) is 23.9 Å². The van der Waals surface area contributed by atoms with E-state index in [-0.39, 0.29) is 50.1 Å². The van der Waals surface area contributed by atoms with E-state index >= 15 is 0 Å². The minimum atomic E-state index is -0.918. The van der Waals surface area contributed by atoms with Gasteiger partial charge < -0.3 is 14.4 Å². The maximum Gasteiger partial charge on any atom is 0.348 e. The van der Waals surface area contributed by atoms with Crippen molar-refractivity contribution in [3.8, 4) is 5.75 Å². The maximum absolute atomic E-state index is 12.7. The molecule has 0 aliphatic carbocycles. The van der Waals surface area contributed by atoms with Crippen molar-refractivity contribution < 1.29 is 28.7 Å². The van der Waals surface area contributed by atoms with Gasteiger partial charge in [0.2, 0.25) is 23.8 Å². The number of para-hydroxylation sites is 2. The molecule has 0 unspecified atom stereocenters. The Morgan fingerprint density at radius 2 is 1.88 bits per heavy atom. The number of amides is 3. The number of carbonyl (C=O) groups excluding carboxylic acids is 4. The number of imide groups is 1. The monoisotopic (exact) mass is 346 g/mol. The number of ether oxygens (including phenoxy) is 2. The first-order valence-corrected chi connectivity index (χ1v) is 7.98. The van der Waals surface area contributed by atoms with Crippen LogP contribution in [0.2, 0.25) is 0 Å². The molecule has 1 aromatic rings. The SMILES string of the molecule is COC(=O)[C@@H]1CN(C(=O)CCN2C(=O)CCC2=O)c2ccccc2O1. The summed E-state index contributed by atoms with van der Waals surface area (Å²) in [5, 5.41) is 0. The highest BCUT2D eigenvalue weighted by molar-refractivity contribution is 6.03. The van der Waals surface area contributed by atoms with Crippen LogP contribution in [0.5, 0.6) is 5.75 Å². The number of carbonyl (C=O) groups is 4. The number of esters is 1. The molecule has 1 aromatic carbocycles. The summed E-state index contributed by atoms with van der Waals surface area (Å²) in [6.45, 7) is 0.0589. The van der Waals surface area contributed by atoms with Crippen LogP contribution in [0.3, 0.4) is 0 Å². The Morgan fingerprint density at radius 3 is 2.56 bits per heavy atom. The molecule has 0 aromatic heterocycles. The molecule has 2 aliphatic rings. The number of nitrogens with zero attached hydrogens (tertiary/aromatic N) is 2. The van der Waals surface area contributed by atoms with Gasteiger partial charge in [-0.3, -0.25) is 19.3 Å². The van der Waals surface area contributed by atoms with Crippen LogP contribution < -0.4 is 9.64 Å². The fraction of sp³-hybridized carbons (Fsp3) is 0.412. The van der Waals surface area contributed by atoms with Crippen LogP contribution in [0.15, 0.2) is 24.3 Å². The van der Waals surface area contributed by atoms with E-state index in [0.29, 0.717) is 11.4 Å². The number of benzene rings is 1. The predicted molar refractivity (Wildman–Crippen MR) is 85.8 cm³/mol. The second-order valence-electron chi connectivity index (χ2n) is 5.79. The molecule has 2 heterocycles. The zero-order valence-corrected chi connectivity index (χ0v) is 13.8. The third kappa shape index (κ3) is 3.33. The van der Waals surface area contributed by atoms with Crippen LogP contribution in [0.25, 0.3) is 0 Å². The molecule has 1 saturated heterocycles. The number of methoxy groups -OCH3 is 1. The minimum absolute atomic E-state index is 0.0142. The Balaban J connectivity index is 1.75. The topological polar surface area (TPSA) is 93.2 Å². The standard InChI is InChI=1S/C17H18N2O6/c1-24-17(23)13-10-19(11-4-2-3-5-12(11)25-13)16(22)8-9-18-14(20)6-7-15(18)21/h2-5,13H,6-10H2,1H3/t13-/m0/s1. The quantitative estimate of drug-likeness (QED) is 0.582. The summed E-state index contributed by atoms with van der Waals surface area (Å²) < 4.78 is 10.3. The zero-order chi connectivity index (χ0) is 18.0. The van der Waals surface area contributed by atoms with Crippen molar-refractivity contribution in [2.24, 2.45) is 0 Å². The van der Waals surface area contributed by atoms with Crippen LogP contribution >= 0.6 is 0 Å². The van der Waals surface area contributed by atoms with Gasteiger partial charge in [0.05, 0.1) is 19.3 Å². The van der Waals surface area contributed by atoms with Crippen molar-refractivity contribution in [1.82, 2.24) is 4.90 Å². The average molecular weight is 346 g/mol. The summed E-state index contributed by atoms with van der Waals surface area (Å²) in [6, 6.07) is 6.88. The lowest BCUT2D eigenvalue weighted by Gasteiger charge is -2.33. The number of fused-ring (bicyclic) bond motifs is 1. The van der Waals surface area contributed by atoms with Gasteiger partial charge in [-0.25, -0.2) is 4.79 Å². The molecule has 25 heavy (non-hydrogen) atoms. The summed E-state index contributed by atoms with van der Waals surface area (Å²) in [6.07, 6.45) is -0.547. The van der Waals surface area contributed by atoms with Gasteiger partial charge in [0.25, 0.3) is 0 Å². The Bertz CT molecular complexity index is 716. The largest absolute Gasteiger partial charge is 0.475 e. The third-order valence-electron chi connectivity index (χ3n) is 4.24. The van der Waals surface area contributed by atoms with E-state index in [2.05, 4.69) is 0 Å². The van der Waals surface area contributed by atoms with Crippen molar-refractivity contribution in [3.63, 3.8) is 0 Å². The summed E-state index contributed by atoms with van der Waals surface area (Å²) >= 11 is 0. The van der Waals surface area contributed by atoms with E-state index in [9.17, 15) is 19.2 Å². The Hall–Kier alpha value is -2.90. The lowest BCUT2D eigenvalue weighted by molar-refractivity contribution is -0.148. The smallest absolute Gasteiger partial charge is 0.348 e. The molecule has 3 rings (SSSR count). The second kappa shape index (κ2) is 6.92. The number of hydrogen-bond donors (Lipinski definition) is 0. The van der Waals surface area contributed by atoms with Gasteiger partial charge in [-0.2, -0.15) is 0 Å². The van der Waals surface area contributed by atoms with Crippen LogP contribution in [0.1, 0.15) is 19.3 Å². The minimum Gasteiger partial charge on any atom is -0.475 e. The molecule has 8 heteroatoms. The molecule has 1 atom stereocenters. The first-order chi connectivity index (χ1) is 12.0. The summed E-state index contributed by atoms with van der Waals surface area (Å²) in [5.41, 5.74) is 0.548. The molecular weight excluding hydrogens is 328 g/mol. The van der Waals surface area contributed by atoms with Crippen LogP contribution in [0.4, 0.5) is 5.69 Å². The highest BCUT2D eigenvalue weighted by Crippen LogP contribution is 2.33. The Labute approximate surface area is 144 Å². The van der Waals surface area contributed by atoms with Gasteiger partial charge in [0.1, 0.15) is 5.75 Å². The number of anilines is 1. The number of likely N-dealkylation sites (tertiary alicyclic amines) is 1. The van der Waals surface area contributed by atoms with Gasteiger partial charge in [0.15, 0.2) is 0 Å². The molecular formula is C17H18N2O6. The summed E-state index contributed by atoms with van der Waals surface area (Å²) in [7, 11) is 1.25. The van der Waals surface area contributed by atoms with E-state index in [1.165, 1.54) is 12.0 Å². The van der Waals surface area contributed by atoms with E-state index in [4.69, 9.17) is 9.47 Å². The van der Waals surface area contributed by atoms with E-state index in [1.807, 2.05) is 0 Å². The first-order valence-electron chi connectivity index (χ1n) is 7.98. The van der Waals surface area contributed by atoms with Gasteiger partial charge >= 0.3 is 5.97 Å². The Kier molecular flexibility index (Phi) is 4.69. The average Bonchev–Trinajstić information content (AvgIpc) is 2.95. The third-order valence-corrected chi connectivity index (χ3v) is 4.24. The van der Waals surface area contributed by atoms with Crippen molar-refractivity contribution in [3.05, 3.63) is 24.3 Å². The molecule has 0 saturated carbocycles. The molecule has 2 aliphatic heterocycles. The molecule has 132 valence electrons. The predicted octanol–water partition coefficient (Wildman–Crippen LogP) is 0.493. The Morgan fingerprint density at radius 1 is 1.20 bits per heavy atom. The van der Waals surface area contributed by atoms with E-state index < -0.39 is 12.1 Å². The fourth-order valence-electron chi connectivity index (χ4n) is 2.94. The summed E-state index contributed by atoms with van der Waals surface area (Å²) in [5.74, 6) is -0.972. The molecule has 0 radical (unpaired) electrons. The van der Waals surface area contributed by atoms with Crippen molar-refractivity contribution in [1.29, 1.82) is 0 Å². The van der Waals surface area contributed by atoms with E-state index in [1.54, 1.807) is 24.3 Å². The lowest BCUT2D eigenvalue weighted by Crippen LogP contribution is -2.48. The fourth-order valence-corrected chi connectivity index (χ4v) is 2.94. The molecule has 0 bridgehead atoms. The van der Waals surface area contributed by atoms with Gasteiger partial charge in [-0.15, -0.1) is 0 Å². The maximum atomic E-state index is 12.7. The van der Waals surface area contributed by atoms with Crippen molar-refractivity contribution >= 4 is 29.4 Å². The molecule has 8 nitrogen and oxygen atoms in total. The number of hydrogen-bond acceptors (Lipinski definition) is 6. The van der Waals surface area contributed by atoms with Gasteiger partial charge in [0, 0.05) is 25.8 Å². The second-order valence-corrected chi connectivity index (χ2v) is 5.79. The highest BCUT2D eigenvalue weighted by atomic mass is 16.6. The first kappa shape index (κ1) is 16.9. The van der Waals surface area contributed by atoms with Crippen LogP contribution in [-0.4, -0.2) is 54.9 Å². The van der Waals surface area contributed by atoms with Gasteiger partial charge in [-0.1, -0.05) is 12.1 Å². The normalized spacial score (nSPS) is 19.5. The molecule has 3 amide bonds. The molecule has 0 N–H and O–H groups in total. The van der Waals surface area contributed by atoms with Gasteiger partial charge in [-0.05, 0) is 12.1 Å². The number of rotatable bonds is 4. The van der Waals surface area contributed by atoms with E-state index in [0.717, 1.165) is 4.90 Å². The zero-order valence-electron chi connectivity index (χ0n) is 13.8. The highest BCUT2D eigenvalue weighted by Gasteiger charge is 2.35. The molecule has 1 fully saturated rings.